The fraction of sp³-hybridized carbons (Fsp3) is 1.00. The minimum absolute atomic E-state index is 0.196. The highest BCUT2D eigenvalue weighted by atomic mass is 16.3. The molecule has 0 radical (unpaired) electrons. The largest absolute Gasteiger partial charge is 0.396 e. The van der Waals surface area contributed by atoms with Crippen molar-refractivity contribution in [2.75, 3.05) is 33.4 Å². The summed E-state index contributed by atoms with van der Waals surface area (Å²) in [6, 6.07) is 0. The normalized spacial score (nSPS) is 10.7. The predicted octanol–water partition coefficient (Wildman–Crippen LogP) is -0.707. The SMILES string of the molecule is CN(CCO)CCCO. The molecule has 9 heavy (non-hydrogen) atoms. The van der Waals surface area contributed by atoms with Crippen molar-refractivity contribution in [1.29, 1.82) is 0 Å². The average Bonchev–Trinajstić information content (AvgIpc) is 1.85. The quantitative estimate of drug-likeness (QED) is 0.521. The van der Waals surface area contributed by atoms with Crippen molar-refractivity contribution in [2.24, 2.45) is 0 Å². The summed E-state index contributed by atoms with van der Waals surface area (Å²) in [5.74, 6) is 0. The van der Waals surface area contributed by atoms with Crippen LogP contribution in [-0.2, 0) is 0 Å². The molecule has 2 N–H and O–H groups in total. The van der Waals surface area contributed by atoms with E-state index in [1.807, 2.05) is 11.9 Å². The van der Waals surface area contributed by atoms with Crippen molar-refractivity contribution in [3.8, 4) is 0 Å². The predicted molar refractivity (Wildman–Crippen MR) is 36.3 cm³/mol. The number of hydrogen-bond donors (Lipinski definition) is 2. The molecule has 0 aromatic heterocycles. The van der Waals surface area contributed by atoms with E-state index in [0.29, 0.717) is 6.54 Å². The van der Waals surface area contributed by atoms with Gasteiger partial charge in [-0.1, -0.05) is 0 Å². The fourth-order valence-electron chi connectivity index (χ4n) is 0.623. The summed E-state index contributed by atoms with van der Waals surface area (Å²) < 4.78 is 0. The van der Waals surface area contributed by atoms with Crippen LogP contribution in [-0.4, -0.2) is 48.5 Å². The number of aliphatic hydroxyl groups excluding tert-OH is 2. The minimum Gasteiger partial charge on any atom is -0.396 e. The zero-order chi connectivity index (χ0) is 7.11. The summed E-state index contributed by atoms with van der Waals surface area (Å²) in [4.78, 5) is 1.98. The lowest BCUT2D eigenvalue weighted by molar-refractivity contribution is 0.203. The Hall–Kier alpha value is -0.120. The first-order valence-electron chi connectivity index (χ1n) is 3.21. The third-order valence-corrected chi connectivity index (χ3v) is 1.18. The second-order valence-electron chi connectivity index (χ2n) is 2.10. The van der Waals surface area contributed by atoms with Gasteiger partial charge in [0.1, 0.15) is 0 Å². The number of rotatable bonds is 5. The Bertz CT molecular complexity index is 59.0. The van der Waals surface area contributed by atoms with Crippen molar-refractivity contribution < 1.29 is 10.2 Å². The van der Waals surface area contributed by atoms with E-state index in [1.165, 1.54) is 0 Å². The molecule has 0 heterocycles. The maximum atomic E-state index is 8.43. The first-order valence-corrected chi connectivity index (χ1v) is 3.21. The van der Waals surface area contributed by atoms with Crippen LogP contribution in [0.1, 0.15) is 6.42 Å². The molecule has 0 saturated heterocycles. The highest BCUT2D eigenvalue weighted by molar-refractivity contribution is 4.47. The van der Waals surface area contributed by atoms with Gasteiger partial charge in [-0.15, -0.1) is 0 Å². The zero-order valence-corrected chi connectivity index (χ0v) is 5.88. The summed E-state index contributed by atoms with van der Waals surface area (Å²) in [7, 11) is 1.92. The van der Waals surface area contributed by atoms with Gasteiger partial charge in [0.25, 0.3) is 0 Å². The van der Waals surface area contributed by atoms with Crippen LogP contribution in [0.5, 0.6) is 0 Å². The molecule has 0 bridgehead atoms. The van der Waals surface area contributed by atoms with Crippen molar-refractivity contribution in [3.63, 3.8) is 0 Å². The van der Waals surface area contributed by atoms with Gasteiger partial charge < -0.3 is 15.1 Å². The Morgan fingerprint density at radius 3 is 2.22 bits per heavy atom. The topological polar surface area (TPSA) is 43.7 Å². The van der Waals surface area contributed by atoms with E-state index < -0.39 is 0 Å². The van der Waals surface area contributed by atoms with Gasteiger partial charge in [0.05, 0.1) is 6.61 Å². The maximum Gasteiger partial charge on any atom is 0.0558 e. The van der Waals surface area contributed by atoms with E-state index in [4.69, 9.17) is 10.2 Å². The molecule has 0 aromatic carbocycles. The standard InChI is InChI=1S/C6H15NO2/c1-7(4-6-9)3-2-5-8/h8-9H,2-6H2,1H3. The number of likely N-dealkylation sites (N-methyl/N-ethyl adjacent to an activating group) is 1. The van der Waals surface area contributed by atoms with Crippen LogP contribution in [0.25, 0.3) is 0 Å². The Morgan fingerprint density at radius 2 is 1.78 bits per heavy atom. The summed E-state index contributed by atoms with van der Waals surface area (Å²) in [6.07, 6.45) is 0.788. The van der Waals surface area contributed by atoms with Crippen LogP contribution in [0.4, 0.5) is 0 Å². The van der Waals surface area contributed by atoms with E-state index in [2.05, 4.69) is 0 Å². The van der Waals surface area contributed by atoms with Gasteiger partial charge >= 0.3 is 0 Å². The van der Waals surface area contributed by atoms with Crippen LogP contribution in [0, 0.1) is 0 Å². The summed E-state index contributed by atoms with van der Waals surface area (Å²) in [5.41, 5.74) is 0. The number of hydrogen-bond acceptors (Lipinski definition) is 3. The average molecular weight is 133 g/mol. The monoisotopic (exact) mass is 133 g/mol. The van der Waals surface area contributed by atoms with Gasteiger partial charge in [-0.3, -0.25) is 0 Å². The fourth-order valence-corrected chi connectivity index (χ4v) is 0.623. The van der Waals surface area contributed by atoms with E-state index >= 15 is 0 Å². The Labute approximate surface area is 55.9 Å². The van der Waals surface area contributed by atoms with Crippen LogP contribution in [0.15, 0.2) is 0 Å². The first kappa shape index (κ1) is 8.88. The minimum atomic E-state index is 0.196. The van der Waals surface area contributed by atoms with Crippen LogP contribution < -0.4 is 0 Å². The molecule has 0 atom stereocenters. The summed E-state index contributed by atoms with van der Waals surface area (Å²) in [5, 5.41) is 16.8. The zero-order valence-electron chi connectivity index (χ0n) is 5.88. The van der Waals surface area contributed by atoms with Crippen molar-refractivity contribution in [1.82, 2.24) is 4.90 Å². The Morgan fingerprint density at radius 1 is 1.11 bits per heavy atom. The lowest BCUT2D eigenvalue weighted by atomic mass is 10.4. The third-order valence-electron chi connectivity index (χ3n) is 1.18. The van der Waals surface area contributed by atoms with Crippen molar-refractivity contribution >= 4 is 0 Å². The van der Waals surface area contributed by atoms with Gasteiger partial charge in [0.2, 0.25) is 0 Å². The van der Waals surface area contributed by atoms with Crippen molar-refractivity contribution in [2.45, 2.75) is 6.42 Å². The van der Waals surface area contributed by atoms with E-state index in [1.54, 1.807) is 0 Å². The molecule has 0 amide bonds. The molecule has 0 aliphatic heterocycles. The first-order chi connectivity index (χ1) is 4.31. The van der Waals surface area contributed by atoms with Gasteiger partial charge in [-0.25, -0.2) is 0 Å². The van der Waals surface area contributed by atoms with Gasteiger partial charge in [0.15, 0.2) is 0 Å². The summed E-state index contributed by atoms with van der Waals surface area (Å²) >= 11 is 0. The number of aliphatic hydroxyl groups is 2. The van der Waals surface area contributed by atoms with Gasteiger partial charge in [-0.05, 0) is 13.5 Å². The smallest absolute Gasteiger partial charge is 0.0558 e. The Balaban J connectivity index is 2.95. The second-order valence-corrected chi connectivity index (χ2v) is 2.10. The van der Waals surface area contributed by atoms with E-state index in [-0.39, 0.29) is 13.2 Å². The molecule has 3 nitrogen and oxygen atoms in total. The molecular weight excluding hydrogens is 118 g/mol. The van der Waals surface area contributed by atoms with E-state index in [9.17, 15) is 0 Å². The molecule has 56 valence electrons. The molecule has 0 unspecified atom stereocenters. The number of nitrogens with zero attached hydrogens (tertiary/aromatic N) is 1. The van der Waals surface area contributed by atoms with Gasteiger partial charge in [-0.2, -0.15) is 0 Å². The maximum absolute atomic E-state index is 8.43. The third kappa shape index (κ3) is 5.76. The lowest BCUT2D eigenvalue weighted by Gasteiger charge is -2.12. The van der Waals surface area contributed by atoms with Crippen LogP contribution >= 0.6 is 0 Å². The highest BCUT2D eigenvalue weighted by Gasteiger charge is 1.93. The molecule has 0 rings (SSSR count). The molecule has 3 heteroatoms. The Kier molecular flexibility index (Phi) is 5.93. The highest BCUT2D eigenvalue weighted by Crippen LogP contribution is 1.83. The molecular formula is C6H15NO2. The molecule has 0 saturated carbocycles. The molecule has 0 fully saturated rings. The summed E-state index contributed by atoms with van der Waals surface area (Å²) in [6.45, 7) is 1.98. The van der Waals surface area contributed by atoms with Gasteiger partial charge in [0, 0.05) is 19.7 Å². The lowest BCUT2D eigenvalue weighted by Crippen LogP contribution is -2.23. The molecule has 0 aromatic rings. The van der Waals surface area contributed by atoms with Crippen LogP contribution in [0.2, 0.25) is 0 Å². The molecule has 0 aliphatic carbocycles. The van der Waals surface area contributed by atoms with E-state index in [0.717, 1.165) is 13.0 Å². The molecule has 0 aliphatic rings. The molecule has 0 spiro atoms. The second kappa shape index (κ2) is 6.01. The van der Waals surface area contributed by atoms with Crippen molar-refractivity contribution in [3.05, 3.63) is 0 Å². The van der Waals surface area contributed by atoms with Crippen LogP contribution in [0.3, 0.4) is 0 Å².